The summed E-state index contributed by atoms with van der Waals surface area (Å²) in [6, 6.07) is 7.94. The van der Waals surface area contributed by atoms with Crippen LogP contribution in [0.15, 0.2) is 24.3 Å². The topological polar surface area (TPSA) is 363 Å². The molecule has 0 aliphatic heterocycles. The van der Waals surface area contributed by atoms with Crippen LogP contribution in [-0.4, -0.2) is 121 Å². The number of amides is 3. The summed E-state index contributed by atoms with van der Waals surface area (Å²) < 4.78 is 6.09. The van der Waals surface area contributed by atoms with Gasteiger partial charge in [0.25, 0.3) is 5.91 Å². The van der Waals surface area contributed by atoms with E-state index in [1.54, 1.807) is 0 Å². The van der Waals surface area contributed by atoms with Gasteiger partial charge in [0.05, 0.1) is 0 Å². The van der Waals surface area contributed by atoms with E-state index in [0.29, 0.717) is 52.3 Å². The summed E-state index contributed by atoms with van der Waals surface area (Å²) in [6.45, 7) is 5.38. The molecule has 0 unspecified atom stereocenters. The van der Waals surface area contributed by atoms with E-state index < -0.39 is 11.3 Å². The normalized spacial score (nSPS) is 11.3. The van der Waals surface area contributed by atoms with Crippen molar-refractivity contribution in [3.8, 4) is 5.75 Å². The Morgan fingerprint density at radius 3 is 2.00 bits per heavy atom. The third-order valence-corrected chi connectivity index (χ3v) is 10.5. The Morgan fingerprint density at radius 2 is 1.32 bits per heavy atom. The molecule has 0 saturated carbocycles. The Kier molecular flexibility index (Phi) is 26.8. The number of aryl methyl sites for hydroxylation is 1. The molecular formula is C39H68ClN17O4S. The van der Waals surface area contributed by atoms with Gasteiger partial charge in [-0.2, -0.15) is 0 Å². The van der Waals surface area contributed by atoms with Crippen LogP contribution in [0.1, 0.15) is 86.7 Å². The van der Waals surface area contributed by atoms with E-state index >= 15 is 0 Å². The summed E-state index contributed by atoms with van der Waals surface area (Å²) in [5, 5.41) is 38.3. The highest BCUT2D eigenvalue weighted by molar-refractivity contribution is 8.00. The molecule has 1 heterocycles. The highest BCUT2D eigenvalue weighted by atomic mass is 35.5. The van der Waals surface area contributed by atoms with Crippen molar-refractivity contribution >= 4 is 70.6 Å². The molecule has 62 heavy (non-hydrogen) atoms. The first kappa shape index (κ1) is 52.8. The number of carbonyl (C=O) groups is 3. The molecule has 346 valence electrons. The number of benzene rings is 1. The Balaban J connectivity index is 1.73. The van der Waals surface area contributed by atoms with Crippen LogP contribution in [0.2, 0.25) is 5.15 Å². The SMILES string of the molecule is N=C(N)NCCCCCCC(=O)NCCCN(CCCNC(=O)[C@@H](N)SCCCCNC(=N)N)CCOc1ccc(CCCCNC(=N)NC(=O)c2nc(Cl)c(N)nc2N)cc1. The van der Waals surface area contributed by atoms with Crippen molar-refractivity contribution in [1.29, 1.82) is 16.2 Å². The van der Waals surface area contributed by atoms with Crippen molar-refractivity contribution in [2.45, 2.75) is 82.4 Å². The van der Waals surface area contributed by atoms with Crippen molar-refractivity contribution in [2.75, 3.05) is 76.2 Å². The maximum Gasteiger partial charge on any atom is 0.280 e. The molecule has 2 rings (SSSR count). The Hall–Kier alpha value is -5.32. The highest BCUT2D eigenvalue weighted by Gasteiger charge is 2.17. The predicted octanol–water partition coefficient (Wildman–Crippen LogP) is 0.980. The molecule has 19 N–H and O–H groups in total. The lowest BCUT2D eigenvalue weighted by molar-refractivity contribution is -0.121. The number of halogens is 1. The zero-order valence-electron chi connectivity index (χ0n) is 35.6. The van der Waals surface area contributed by atoms with Crippen LogP contribution in [0.25, 0.3) is 0 Å². The third kappa shape index (κ3) is 24.8. The number of nitrogens with two attached hydrogens (primary N) is 5. The number of unbranched alkanes of at least 4 members (excludes halogenated alkanes) is 5. The molecule has 0 fully saturated rings. The van der Waals surface area contributed by atoms with Gasteiger partial charge in [-0.3, -0.25) is 40.8 Å². The number of nitrogens with one attached hydrogen (secondary N) is 9. The maximum atomic E-state index is 12.6. The fraction of sp³-hybridized carbons (Fsp3) is 0.590. The summed E-state index contributed by atoms with van der Waals surface area (Å²) in [6.07, 6.45) is 9.70. The Morgan fingerprint density at radius 1 is 0.726 bits per heavy atom. The first-order valence-electron chi connectivity index (χ1n) is 21.0. The maximum absolute atomic E-state index is 12.6. The average molecular weight is 907 g/mol. The molecule has 1 atom stereocenters. The van der Waals surface area contributed by atoms with Gasteiger partial charge in [-0.15, -0.1) is 11.8 Å². The van der Waals surface area contributed by atoms with Gasteiger partial charge < -0.3 is 60.0 Å². The fourth-order valence-corrected chi connectivity index (χ4v) is 6.82. The van der Waals surface area contributed by atoms with Crippen LogP contribution in [0.3, 0.4) is 0 Å². The predicted molar refractivity (Wildman–Crippen MR) is 248 cm³/mol. The molecule has 0 radical (unpaired) electrons. The van der Waals surface area contributed by atoms with Crippen LogP contribution in [0, 0.1) is 16.2 Å². The molecule has 0 saturated heterocycles. The largest absolute Gasteiger partial charge is 0.492 e. The van der Waals surface area contributed by atoms with Crippen molar-refractivity contribution in [1.82, 2.24) is 46.8 Å². The van der Waals surface area contributed by atoms with Crippen LogP contribution in [-0.2, 0) is 16.0 Å². The molecule has 0 aliphatic carbocycles. The number of hydrogen-bond acceptors (Lipinski definition) is 14. The molecule has 21 nitrogen and oxygen atoms in total. The second kappa shape index (κ2) is 31.5. The second-order valence-electron chi connectivity index (χ2n) is 14.4. The monoisotopic (exact) mass is 906 g/mol. The number of thioether (sulfide) groups is 1. The highest BCUT2D eigenvalue weighted by Crippen LogP contribution is 2.17. The van der Waals surface area contributed by atoms with Gasteiger partial charge >= 0.3 is 0 Å². The van der Waals surface area contributed by atoms with E-state index in [1.807, 2.05) is 24.3 Å². The van der Waals surface area contributed by atoms with E-state index in [-0.39, 0.29) is 52.2 Å². The number of carbonyl (C=O) groups excluding carboxylic acids is 3. The standard InChI is InChI=1S/C39H68ClN17O4S/c40-31-33(42)55-32(41)30(54-31)35(59)56-39(48)53-19-6-4-11-27-13-15-28(16-14-27)61-25-24-57(22-9-20-49-29(58)12-3-1-2-5-17-51-37(44)45)23-10-21-50-36(60)34(43)62-26-8-7-18-52-38(46)47/h13-16,34H,1-12,17-26,43H2,(H,49,58)(H,50,60)(H4,41,42,55)(H4,44,45,51)(H4,46,47,52)(H3,48,53,56,59)/t34-/m0/s1. The molecule has 0 bridgehead atoms. The number of nitrogen functional groups attached to an aromatic ring is 2. The number of guanidine groups is 3. The number of rotatable bonds is 32. The first-order chi connectivity index (χ1) is 29.7. The second-order valence-corrected chi connectivity index (χ2v) is 16.0. The van der Waals surface area contributed by atoms with Gasteiger partial charge in [-0.25, -0.2) is 9.97 Å². The van der Waals surface area contributed by atoms with Crippen molar-refractivity contribution in [2.24, 2.45) is 17.2 Å². The molecule has 23 heteroatoms. The smallest absolute Gasteiger partial charge is 0.280 e. The lowest BCUT2D eigenvalue weighted by atomic mass is 10.1. The minimum absolute atomic E-state index is 0.0269. The Bertz CT molecular complexity index is 1690. The minimum Gasteiger partial charge on any atom is -0.492 e. The van der Waals surface area contributed by atoms with Gasteiger partial charge in [-0.1, -0.05) is 36.6 Å². The summed E-state index contributed by atoms with van der Waals surface area (Å²) in [7, 11) is 0. The van der Waals surface area contributed by atoms with E-state index in [9.17, 15) is 14.4 Å². The molecule has 3 amide bonds. The van der Waals surface area contributed by atoms with E-state index in [4.69, 9.17) is 61.2 Å². The molecule has 0 spiro atoms. The zero-order valence-corrected chi connectivity index (χ0v) is 37.2. The average Bonchev–Trinajstić information content (AvgIpc) is 3.22. The van der Waals surface area contributed by atoms with E-state index in [0.717, 1.165) is 101 Å². The lowest BCUT2D eigenvalue weighted by Gasteiger charge is -2.23. The number of anilines is 2. The summed E-state index contributed by atoms with van der Waals surface area (Å²) in [4.78, 5) is 47.2. The number of nitrogens with zero attached hydrogens (tertiary/aromatic N) is 3. The van der Waals surface area contributed by atoms with Crippen molar-refractivity contribution < 1.29 is 19.1 Å². The number of hydrogen-bond donors (Lipinski definition) is 14. The van der Waals surface area contributed by atoms with Gasteiger partial charge in [0.1, 0.15) is 17.7 Å². The molecule has 0 aliphatic rings. The number of aromatic nitrogens is 2. The molecule has 1 aromatic heterocycles. The van der Waals surface area contributed by atoms with Crippen molar-refractivity contribution in [3.05, 3.63) is 40.7 Å². The van der Waals surface area contributed by atoms with Crippen molar-refractivity contribution in [3.63, 3.8) is 0 Å². The van der Waals surface area contributed by atoms with Crippen LogP contribution >= 0.6 is 23.4 Å². The molecule has 1 aromatic carbocycles. The van der Waals surface area contributed by atoms with Gasteiger partial charge in [0, 0.05) is 45.7 Å². The number of ether oxygens (including phenoxy) is 1. The van der Waals surface area contributed by atoms with Crippen LogP contribution in [0.5, 0.6) is 5.75 Å². The van der Waals surface area contributed by atoms with Gasteiger partial charge in [0.2, 0.25) is 11.8 Å². The summed E-state index contributed by atoms with van der Waals surface area (Å²) in [5.41, 5.74) is 28.8. The van der Waals surface area contributed by atoms with Gasteiger partial charge in [-0.05, 0) is 94.3 Å². The minimum atomic E-state index is -0.720. The van der Waals surface area contributed by atoms with Gasteiger partial charge in [0.15, 0.2) is 40.4 Å². The van der Waals surface area contributed by atoms with E-state index in [2.05, 4.69) is 46.8 Å². The fourth-order valence-electron chi connectivity index (χ4n) is 5.83. The first-order valence-corrected chi connectivity index (χ1v) is 22.4. The summed E-state index contributed by atoms with van der Waals surface area (Å²) in [5.74, 6) is 0.0520. The van der Waals surface area contributed by atoms with Crippen LogP contribution in [0.4, 0.5) is 11.6 Å². The Labute approximate surface area is 373 Å². The quantitative estimate of drug-likeness (QED) is 0.0211. The molecule has 2 aromatic rings. The molecular weight excluding hydrogens is 838 g/mol. The zero-order chi connectivity index (χ0) is 45.5. The third-order valence-electron chi connectivity index (χ3n) is 9.16. The summed E-state index contributed by atoms with van der Waals surface area (Å²) >= 11 is 7.24. The van der Waals surface area contributed by atoms with Crippen LogP contribution < -0.4 is 65.3 Å². The lowest BCUT2D eigenvalue weighted by Crippen LogP contribution is -2.41. The van der Waals surface area contributed by atoms with E-state index in [1.165, 1.54) is 11.8 Å².